The lowest BCUT2D eigenvalue weighted by atomic mass is 9.72. The van der Waals surface area contributed by atoms with E-state index in [1.165, 1.54) is 29.5 Å². The maximum Gasteiger partial charge on any atom is 0.219 e. The molecule has 5 rings (SSSR count). The number of carbonyl (C=O) groups excluding carboxylic acids is 1. The minimum Gasteiger partial charge on any atom is -0.490 e. The van der Waals surface area contributed by atoms with Crippen LogP contribution < -0.4 is 4.74 Å². The summed E-state index contributed by atoms with van der Waals surface area (Å²) in [6.07, 6.45) is 1.90. The second-order valence-corrected chi connectivity index (χ2v) is 11.1. The zero-order valence-electron chi connectivity index (χ0n) is 21.5. The van der Waals surface area contributed by atoms with Crippen molar-refractivity contribution in [3.8, 4) is 5.75 Å². The third kappa shape index (κ3) is 5.85. The van der Waals surface area contributed by atoms with Crippen molar-refractivity contribution in [2.45, 2.75) is 81.7 Å². The van der Waals surface area contributed by atoms with Gasteiger partial charge >= 0.3 is 0 Å². The van der Waals surface area contributed by atoms with E-state index in [0.29, 0.717) is 12.3 Å². The molecule has 0 bridgehead atoms. The number of nitrogens with zero attached hydrogens (tertiary/aromatic N) is 1. The molecule has 1 heterocycles. The Kier molecular flexibility index (Phi) is 7.86. The summed E-state index contributed by atoms with van der Waals surface area (Å²) in [7, 11) is 0. The molecule has 7 heteroatoms. The lowest BCUT2D eigenvalue weighted by molar-refractivity contribution is -0.130. The van der Waals surface area contributed by atoms with Gasteiger partial charge in [-0.25, -0.2) is 0 Å². The number of benzene rings is 2. The van der Waals surface area contributed by atoms with Gasteiger partial charge in [-0.2, -0.15) is 0 Å². The van der Waals surface area contributed by atoms with E-state index < -0.39 is 24.2 Å². The van der Waals surface area contributed by atoms with Gasteiger partial charge in [0.25, 0.3) is 0 Å². The maximum atomic E-state index is 11.5. The van der Waals surface area contributed by atoms with Gasteiger partial charge in [-0.3, -0.25) is 4.79 Å². The van der Waals surface area contributed by atoms with Crippen molar-refractivity contribution in [1.82, 2.24) is 4.90 Å². The van der Waals surface area contributed by atoms with Crippen molar-refractivity contribution >= 4 is 5.91 Å². The Morgan fingerprint density at radius 1 is 0.946 bits per heavy atom. The third-order valence-corrected chi connectivity index (χ3v) is 8.51. The predicted octanol–water partition coefficient (Wildman–Crippen LogP) is 2.72. The molecule has 1 saturated heterocycles. The van der Waals surface area contributed by atoms with E-state index in [9.17, 15) is 25.2 Å². The van der Waals surface area contributed by atoms with Crippen molar-refractivity contribution in [3.63, 3.8) is 0 Å². The zero-order valence-corrected chi connectivity index (χ0v) is 21.5. The molecule has 7 nitrogen and oxygen atoms in total. The minimum absolute atomic E-state index is 0.123. The monoisotopic (exact) mass is 509 g/mol. The van der Waals surface area contributed by atoms with Crippen LogP contribution in [0.25, 0.3) is 0 Å². The van der Waals surface area contributed by atoms with Gasteiger partial charge in [0, 0.05) is 51.3 Å². The molecular weight excluding hydrogens is 470 g/mol. The third-order valence-electron chi connectivity index (χ3n) is 8.51. The van der Waals surface area contributed by atoms with Crippen LogP contribution in [0, 0.1) is 5.92 Å². The Labute approximate surface area is 218 Å². The summed E-state index contributed by atoms with van der Waals surface area (Å²) >= 11 is 0. The number of ether oxygens (including phenoxy) is 1. The highest BCUT2D eigenvalue weighted by molar-refractivity contribution is 5.73. The number of carbonyl (C=O) groups is 1. The van der Waals surface area contributed by atoms with Gasteiger partial charge < -0.3 is 30.1 Å². The first kappa shape index (κ1) is 26.2. The second-order valence-electron chi connectivity index (χ2n) is 11.1. The first-order valence-corrected chi connectivity index (χ1v) is 13.6. The summed E-state index contributed by atoms with van der Waals surface area (Å²) in [5.41, 5.74) is 4.67. The molecule has 3 aliphatic rings. The standard InChI is InChI=1S/C30H39NO6/c1-18(33)31-12-10-25(11-13-31)37-24-7-2-19(3-8-24)14-22-15-21(6-9-26(22)20-4-5-20)27-16-23(17-32)28(34)30(36)29(27)35/h2-3,6-9,15,20,23,25,27-30,32,34-36H,4-5,10-14,16-17H2,1H3/t23-,27+,28-,29+,30+/m1/s1. The molecule has 0 unspecified atom stereocenters. The van der Waals surface area contributed by atoms with E-state index in [-0.39, 0.29) is 24.5 Å². The molecule has 0 radical (unpaired) electrons. The molecule has 4 N–H and O–H groups in total. The highest BCUT2D eigenvalue weighted by Crippen LogP contribution is 2.44. The molecular formula is C30H39NO6. The molecule has 1 amide bonds. The van der Waals surface area contributed by atoms with Crippen molar-refractivity contribution < 1.29 is 30.0 Å². The highest BCUT2D eigenvalue weighted by atomic mass is 16.5. The van der Waals surface area contributed by atoms with Gasteiger partial charge in [-0.15, -0.1) is 0 Å². The van der Waals surface area contributed by atoms with E-state index in [0.717, 1.165) is 43.7 Å². The van der Waals surface area contributed by atoms with Crippen LogP contribution in [0.15, 0.2) is 42.5 Å². The van der Waals surface area contributed by atoms with E-state index >= 15 is 0 Å². The average molecular weight is 510 g/mol. The fraction of sp³-hybridized carbons (Fsp3) is 0.567. The van der Waals surface area contributed by atoms with Crippen LogP contribution in [-0.4, -0.2) is 75.3 Å². The predicted molar refractivity (Wildman–Crippen MR) is 140 cm³/mol. The van der Waals surface area contributed by atoms with Crippen LogP contribution in [0.1, 0.15) is 73.1 Å². The number of hydrogen-bond donors (Lipinski definition) is 4. The van der Waals surface area contributed by atoms with Crippen molar-refractivity contribution in [2.24, 2.45) is 5.92 Å². The Morgan fingerprint density at radius 2 is 1.65 bits per heavy atom. The van der Waals surface area contributed by atoms with Gasteiger partial charge in [-0.05, 0) is 66.0 Å². The summed E-state index contributed by atoms with van der Waals surface area (Å²) in [6.45, 7) is 2.87. The van der Waals surface area contributed by atoms with Crippen LogP contribution in [0.5, 0.6) is 5.75 Å². The number of piperidine rings is 1. The number of amides is 1. The fourth-order valence-corrected chi connectivity index (χ4v) is 6.03. The minimum atomic E-state index is -1.27. The van der Waals surface area contributed by atoms with Crippen LogP contribution in [0.3, 0.4) is 0 Å². The number of aliphatic hydroxyl groups is 4. The van der Waals surface area contributed by atoms with Crippen LogP contribution in [0.4, 0.5) is 0 Å². The lowest BCUT2D eigenvalue weighted by Gasteiger charge is -2.40. The van der Waals surface area contributed by atoms with Crippen LogP contribution >= 0.6 is 0 Å². The molecule has 0 aromatic heterocycles. The summed E-state index contributed by atoms with van der Waals surface area (Å²) in [5, 5.41) is 41.0. The number of rotatable bonds is 7. The molecule has 1 aliphatic heterocycles. The summed E-state index contributed by atoms with van der Waals surface area (Å²) in [4.78, 5) is 13.4. The number of aliphatic hydroxyl groups excluding tert-OH is 4. The van der Waals surface area contributed by atoms with Crippen LogP contribution in [0.2, 0.25) is 0 Å². The Hall–Kier alpha value is -2.45. The van der Waals surface area contributed by atoms with Crippen molar-refractivity contribution in [3.05, 3.63) is 64.7 Å². The smallest absolute Gasteiger partial charge is 0.219 e. The Morgan fingerprint density at radius 3 is 2.27 bits per heavy atom. The van der Waals surface area contributed by atoms with Crippen LogP contribution in [-0.2, 0) is 11.2 Å². The number of likely N-dealkylation sites (tertiary alicyclic amines) is 1. The molecule has 2 aliphatic carbocycles. The largest absolute Gasteiger partial charge is 0.490 e. The Bertz CT molecular complexity index is 1070. The van der Waals surface area contributed by atoms with E-state index in [1.807, 2.05) is 23.1 Å². The van der Waals surface area contributed by atoms with Gasteiger partial charge in [0.1, 0.15) is 18.0 Å². The Balaban J connectivity index is 1.29. The average Bonchev–Trinajstić information content (AvgIpc) is 3.74. The van der Waals surface area contributed by atoms with Gasteiger partial charge in [0.05, 0.1) is 12.2 Å². The number of hydrogen-bond acceptors (Lipinski definition) is 6. The topological polar surface area (TPSA) is 110 Å². The summed E-state index contributed by atoms with van der Waals surface area (Å²) < 4.78 is 6.18. The normalized spacial score (nSPS) is 28.8. The summed E-state index contributed by atoms with van der Waals surface area (Å²) in [6, 6.07) is 14.6. The molecule has 2 aromatic rings. The highest BCUT2D eigenvalue weighted by Gasteiger charge is 2.43. The van der Waals surface area contributed by atoms with Gasteiger partial charge in [-0.1, -0.05) is 30.3 Å². The zero-order chi connectivity index (χ0) is 26.1. The van der Waals surface area contributed by atoms with Gasteiger partial charge in [0.15, 0.2) is 0 Å². The molecule has 3 fully saturated rings. The van der Waals surface area contributed by atoms with E-state index in [4.69, 9.17) is 4.74 Å². The molecule has 5 atom stereocenters. The van der Waals surface area contributed by atoms with Crippen molar-refractivity contribution in [2.75, 3.05) is 19.7 Å². The van der Waals surface area contributed by atoms with E-state index in [2.05, 4.69) is 24.3 Å². The quantitative estimate of drug-likeness (QED) is 0.457. The molecule has 200 valence electrons. The van der Waals surface area contributed by atoms with E-state index in [1.54, 1.807) is 6.92 Å². The maximum absolute atomic E-state index is 11.5. The van der Waals surface area contributed by atoms with Crippen molar-refractivity contribution in [1.29, 1.82) is 0 Å². The summed E-state index contributed by atoms with van der Waals surface area (Å²) in [5.74, 6) is 0.734. The molecule has 0 spiro atoms. The lowest BCUT2D eigenvalue weighted by Crippen LogP contribution is -2.51. The second kappa shape index (κ2) is 11.1. The molecule has 37 heavy (non-hydrogen) atoms. The SMILES string of the molecule is CC(=O)N1CCC(Oc2ccc(Cc3cc([C@@H]4C[C@H](CO)[C@@H](O)[C@H](O)[C@H]4O)ccc3C3CC3)cc2)CC1. The first-order chi connectivity index (χ1) is 17.8. The molecule has 2 saturated carbocycles. The fourth-order valence-electron chi connectivity index (χ4n) is 6.03. The first-order valence-electron chi connectivity index (χ1n) is 13.6. The molecule has 2 aromatic carbocycles. The van der Waals surface area contributed by atoms with Gasteiger partial charge in [0.2, 0.25) is 5.91 Å².